The quantitative estimate of drug-likeness (QED) is 0.581. The van der Waals surface area contributed by atoms with Gasteiger partial charge in [0.2, 0.25) is 0 Å². The van der Waals surface area contributed by atoms with Crippen LogP contribution in [-0.2, 0) is 24.3 Å². The molecule has 0 atom stereocenters. The number of benzene rings is 2. The number of imidazole rings is 1. The first kappa shape index (κ1) is 20.7. The minimum Gasteiger partial charge on any atom is -1.00 e. The number of nitrogens with one attached hydrogen (secondary N) is 1. The van der Waals surface area contributed by atoms with Crippen LogP contribution < -0.4 is 31.8 Å². The monoisotopic (exact) mass is 413 g/mol. The van der Waals surface area contributed by atoms with Gasteiger partial charge in [-0.25, -0.2) is 9.13 Å². The molecule has 7 heteroatoms. The van der Waals surface area contributed by atoms with Crippen LogP contribution in [0.25, 0.3) is 11.3 Å². The third-order valence-corrected chi connectivity index (χ3v) is 5.05. The summed E-state index contributed by atoms with van der Waals surface area (Å²) in [6.45, 7) is 1.25. The molecule has 4 rings (SSSR count). The lowest BCUT2D eigenvalue weighted by atomic mass is 10.1. The van der Waals surface area contributed by atoms with Gasteiger partial charge in [-0.05, 0) is 42.8 Å². The van der Waals surface area contributed by atoms with Gasteiger partial charge in [0.25, 0.3) is 11.7 Å². The Kier molecular flexibility index (Phi) is 6.44. The second-order valence-electron chi connectivity index (χ2n) is 6.82. The van der Waals surface area contributed by atoms with Crippen LogP contribution in [0.1, 0.15) is 12.2 Å². The smallest absolute Gasteiger partial charge is 0.266 e. The summed E-state index contributed by atoms with van der Waals surface area (Å²) in [4.78, 5) is 12.6. The molecule has 6 nitrogen and oxygen atoms in total. The van der Waals surface area contributed by atoms with Crippen molar-refractivity contribution in [2.45, 2.75) is 25.9 Å². The summed E-state index contributed by atoms with van der Waals surface area (Å²) in [5.41, 5.74) is 2.98. The number of fused-ring (bicyclic) bond motifs is 1. The van der Waals surface area contributed by atoms with E-state index in [1.54, 1.807) is 14.2 Å². The van der Waals surface area contributed by atoms with Crippen molar-refractivity contribution in [2.75, 3.05) is 19.5 Å². The highest BCUT2D eigenvalue weighted by Crippen LogP contribution is 2.26. The van der Waals surface area contributed by atoms with Crippen molar-refractivity contribution in [1.29, 1.82) is 0 Å². The number of ether oxygens (including phenoxy) is 2. The molecule has 1 aliphatic heterocycles. The Morgan fingerprint density at radius 3 is 2.59 bits per heavy atom. The number of hydrogen-bond donors (Lipinski definition) is 1. The average Bonchev–Trinajstić information content (AvgIpc) is 3.32. The maximum atomic E-state index is 12.6. The second-order valence-corrected chi connectivity index (χ2v) is 6.82. The fourth-order valence-electron chi connectivity index (χ4n) is 3.69. The minimum atomic E-state index is -0.0557. The molecule has 3 aromatic rings. The van der Waals surface area contributed by atoms with Crippen molar-refractivity contribution in [2.24, 2.45) is 0 Å². The number of carbonyl (C=O) groups is 1. The standard InChI is InChI=1S/C22H23N3O3.ClH/c1-27-18-10-8-16(9-11-18)20-14-24(22-7-4-12-25(20)22)15-21(26)23-17-5-3-6-19(13-17)28-2;/h3,5-6,8-11,13-14H,4,7,12,15H2,1-2H3;1H. The number of anilines is 1. The number of rotatable bonds is 6. The van der Waals surface area contributed by atoms with E-state index in [9.17, 15) is 4.79 Å². The maximum absolute atomic E-state index is 12.6. The van der Waals surface area contributed by atoms with Crippen LogP contribution in [-0.4, -0.2) is 24.7 Å². The van der Waals surface area contributed by atoms with E-state index < -0.39 is 0 Å². The van der Waals surface area contributed by atoms with Gasteiger partial charge in [-0.15, -0.1) is 0 Å². The molecule has 29 heavy (non-hydrogen) atoms. The predicted octanol–water partition coefficient (Wildman–Crippen LogP) is 0.0487. The predicted molar refractivity (Wildman–Crippen MR) is 107 cm³/mol. The lowest BCUT2D eigenvalue weighted by Crippen LogP contribution is -3.00. The highest BCUT2D eigenvalue weighted by molar-refractivity contribution is 5.89. The first-order valence-corrected chi connectivity index (χ1v) is 9.38. The summed E-state index contributed by atoms with van der Waals surface area (Å²) in [5, 5.41) is 2.95. The van der Waals surface area contributed by atoms with Crippen molar-refractivity contribution in [3.05, 3.63) is 60.6 Å². The minimum absolute atomic E-state index is 0. The number of carbonyl (C=O) groups excluding carboxylic acids is 1. The maximum Gasteiger partial charge on any atom is 0.266 e. The lowest BCUT2D eigenvalue weighted by Gasteiger charge is -2.06. The Bertz CT molecular complexity index is 999. The molecule has 0 spiro atoms. The van der Waals surface area contributed by atoms with Crippen LogP contribution in [0.2, 0.25) is 0 Å². The Hall–Kier alpha value is -2.99. The van der Waals surface area contributed by atoms with E-state index in [2.05, 4.69) is 32.8 Å². The third-order valence-electron chi connectivity index (χ3n) is 5.05. The van der Waals surface area contributed by atoms with Gasteiger partial charge in [0.15, 0.2) is 12.2 Å². The molecule has 1 N–H and O–H groups in total. The summed E-state index contributed by atoms with van der Waals surface area (Å²) in [7, 11) is 3.28. The molecule has 0 unspecified atom stereocenters. The molecular weight excluding hydrogens is 390 g/mol. The molecule has 2 aromatic carbocycles. The SMILES string of the molecule is COc1ccc(-c2c[n+](CC(=O)Nc3cccc(OC)c3)c3n2CCC3)cc1.[Cl-]. The Labute approximate surface area is 176 Å². The van der Waals surface area contributed by atoms with E-state index in [0.717, 1.165) is 47.8 Å². The molecule has 1 amide bonds. The Morgan fingerprint density at radius 1 is 1.10 bits per heavy atom. The normalized spacial score (nSPS) is 12.1. The summed E-state index contributed by atoms with van der Waals surface area (Å²) >= 11 is 0. The van der Waals surface area contributed by atoms with E-state index in [1.165, 1.54) is 5.82 Å². The number of halogens is 1. The van der Waals surface area contributed by atoms with E-state index in [0.29, 0.717) is 0 Å². The van der Waals surface area contributed by atoms with Gasteiger partial charge in [-0.3, -0.25) is 4.79 Å². The zero-order valence-corrected chi connectivity index (χ0v) is 17.3. The van der Waals surface area contributed by atoms with E-state index in [4.69, 9.17) is 9.47 Å². The first-order valence-electron chi connectivity index (χ1n) is 9.38. The largest absolute Gasteiger partial charge is 1.00 e. The number of methoxy groups -OCH3 is 2. The first-order chi connectivity index (χ1) is 13.7. The molecule has 0 aliphatic carbocycles. The van der Waals surface area contributed by atoms with Crippen LogP contribution >= 0.6 is 0 Å². The van der Waals surface area contributed by atoms with Crippen molar-refractivity contribution >= 4 is 11.6 Å². The molecule has 152 valence electrons. The van der Waals surface area contributed by atoms with Crippen LogP contribution in [0.15, 0.2) is 54.7 Å². The number of aromatic nitrogens is 2. The van der Waals surface area contributed by atoms with Gasteiger partial charge >= 0.3 is 0 Å². The van der Waals surface area contributed by atoms with E-state index in [1.807, 2.05) is 36.4 Å². The zero-order valence-electron chi connectivity index (χ0n) is 16.5. The molecule has 0 bridgehead atoms. The van der Waals surface area contributed by atoms with Crippen molar-refractivity contribution in [1.82, 2.24) is 4.57 Å². The number of hydrogen-bond acceptors (Lipinski definition) is 3. The topological polar surface area (TPSA) is 56.4 Å². The van der Waals surface area contributed by atoms with Crippen molar-refractivity contribution < 1.29 is 31.2 Å². The average molecular weight is 414 g/mol. The van der Waals surface area contributed by atoms with Gasteiger partial charge < -0.3 is 27.2 Å². The van der Waals surface area contributed by atoms with Crippen molar-refractivity contribution in [3.8, 4) is 22.8 Å². The van der Waals surface area contributed by atoms with Gasteiger partial charge in [-0.2, -0.15) is 0 Å². The van der Waals surface area contributed by atoms with E-state index in [-0.39, 0.29) is 24.9 Å². The van der Waals surface area contributed by atoms with E-state index >= 15 is 0 Å². The van der Waals surface area contributed by atoms with Crippen LogP contribution in [0.5, 0.6) is 11.5 Å². The Morgan fingerprint density at radius 2 is 1.86 bits per heavy atom. The van der Waals surface area contributed by atoms with Gasteiger partial charge in [0, 0.05) is 17.3 Å². The van der Waals surface area contributed by atoms with Gasteiger partial charge in [0.1, 0.15) is 17.7 Å². The fraction of sp³-hybridized carbons (Fsp3) is 0.273. The molecular formula is C22H24ClN3O3. The zero-order chi connectivity index (χ0) is 19.5. The van der Waals surface area contributed by atoms with Crippen molar-refractivity contribution in [3.63, 3.8) is 0 Å². The van der Waals surface area contributed by atoms with Crippen LogP contribution in [0, 0.1) is 0 Å². The highest BCUT2D eigenvalue weighted by Gasteiger charge is 2.29. The molecule has 1 aromatic heterocycles. The molecule has 1 aliphatic rings. The van der Waals surface area contributed by atoms with Crippen LogP contribution in [0.3, 0.4) is 0 Å². The third kappa shape index (κ3) is 4.38. The summed E-state index contributed by atoms with van der Waals surface area (Å²) in [6.07, 6.45) is 4.14. The lowest BCUT2D eigenvalue weighted by molar-refractivity contribution is -0.690. The number of amides is 1. The second kappa shape index (κ2) is 9.01. The molecule has 0 radical (unpaired) electrons. The summed E-state index contributed by atoms with van der Waals surface area (Å²) < 4.78 is 14.8. The molecule has 0 saturated carbocycles. The fourth-order valence-corrected chi connectivity index (χ4v) is 3.69. The van der Waals surface area contributed by atoms with Crippen LogP contribution in [0.4, 0.5) is 5.69 Å². The van der Waals surface area contributed by atoms with Gasteiger partial charge in [-0.1, -0.05) is 6.07 Å². The molecule has 0 saturated heterocycles. The number of nitrogens with zero attached hydrogens (tertiary/aromatic N) is 2. The molecule has 2 heterocycles. The summed E-state index contributed by atoms with van der Waals surface area (Å²) in [5.74, 6) is 2.69. The molecule has 0 fully saturated rings. The summed E-state index contributed by atoms with van der Waals surface area (Å²) in [6, 6.07) is 15.4. The highest BCUT2D eigenvalue weighted by atomic mass is 35.5. The Balaban J connectivity index is 0.00000240. The van der Waals surface area contributed by atoms with Gasteiger partial charge in [0.05, 0.1) is 27.2 Å².